The third kappa shape index (κ3) is 4.97. The van der Waals surface area contributed by atoms with Gasteiger partial charge in [-0.3, -0.25) is 9.59 Å². The van der Waals surface area contributed by atoms with Gasteiger partial charge in [-0.2, -0.15) is 0 Å². The Hall–Kier alpha value is -3.15. The number of carbonyl (C=O) groups is 3. The minimum Gasteiger partial charge on any atom is -0.449 e. The summed E-state index contributed by atoms with van der Waals surface area (Å²) < 4.78 is 5.28. The Labute approximate surface area is 164 Å². The maximum absolute atomic E-state index is 12.3. The van der Waals surface area contributed by atoms with Gasteiger partial charge >= 0.3 is 5.97 Å². The average molecular weight is 380 g/mol. The topological polar surface area (TPSA) is 75.7 Å². The highest BCUT2D eigenvalue weighted by molar-refractivity contribution is 5.97. The number of ether oxygens (including phenoxy) is 1. The number of aryl methyl sites for hydroxylation is 1. The average Bonchev–Trinajstić information content (AvgIpc) is 3.07. The van der Waals surface area contributed by atoms with Crippen molar-refractivity contribution in [1.29, 1.82) is 0 Å². The fourth-order valence-corrected chi connectivity index (χ4v) is 3.09. The number of hydrogen-bond acceptors (Lipinski definition) is 4. The number of nitrogens with zero attached hydrogens (tertiary/aromatic N) is 1. The molecule has 28 heavy (non-hydrogen) atoms. The monoisotopic (exact) mass is 380 g/mol. The lowest BCUT2D eigenvalue weighted by Gasteiger charge is -2.16. The normalized spacial score (nSPS) is 14.6. The van der Waals surface area contributed by atoms with E-state index < -0.39 is 12.1 Å². The standard InChI is InChI=1S/C22H24N2O4/c1-15-5-3-6-19(13-15)23-21(26)16(2)28-22(27)18-10-8-17(9-11-18)14-24-12-4-7-20(24)25/h3,5-6,8-11,13,16H,4,7,12,14H2,1-2H3,(H,23,26)/t16-/m1/s1. The van der Waals surface area contributed by atoms with Gasteiger partial charge in [0.05, 0.1) is 5.56 Å². The Bertz CT molecular complexity index is 876. The number of carbonyl (C=O) groups excluding carboxylic acids is 3. The van der Waals surface area contributed by atoms with Crippen LogP contribution in [0.5, 0.6) is 0 Å². The summed E-state index contributed by atoms with van der Waals surface area (Å²) in [4.78, 5) is 38.1. The smallest absolute Gasteiger partial charge is 0.338 e. The molecule has 0 saturated carbocycles. The van der Waals surface area contributed by atoms with Crippen molar-refractivity contribution < 1.29 is 19.1 Å². The molecule has 6 nitrogen and oxygen atoms in total. The van der Waals surface area contributed by atoms with Crippen LogP contribution in [-0.2, 0) is 20.9 Å². The molecule has 1 heterocycles. The highest BCUT2D eigenvalue weighted by Gasteiger charge is 2.21. The number of benzene rings is 2. The largest absolute Gasteiger partial charge is 0.449 e. The van der Waals surface area contributed by atoms with Crippen molar-refractivity contribution >= 4 is 23.5 Å². The summed E-state index contributed by atoms with van der Waals surface area (Å²) in [6.07, 6.45) is 0.577. The molecule has 2 amide bonds. The molecule has 3 rings (SSSR count). The van der Waals surface area contributed by atoms with Crippen molar-refractivity contribution in [3.05, 3.63) is 65.2 Å². The molecule has 0 radical (unpaired) electrons. The summed E-state index contributed by atoms with van der Waals surface area (Å²) in [7, 11) is 0. The molecule has 1 aliphatic rings. The fraction of sp³-hybridized carbons (Fsp3) is 0.318. The molecule has 1 saturated heterocycles. The SMILES string of the molecule is Cc1cccc(NC(=O)[C@@H](C)OC(=O)c2ccc(CN3CCCC3=O)cc2)c1. The summed E-state index contributed by atoms with van der Waals surface area (Å²) >= 11 is 0. The fourth-order valence-electron chi connectivity index (χ4n) is 3.09. The quantitative estimate of drug-likeness (QED) is 0.780. The van der Waals surface area contributed by atoms with E-state index in [0.717, 1.165) is 24.1 Å². The van der Waals surface area contributed by atoms with E-state index in [1.807, 2.05) is 30.0 Å². The van der Waals surface area contributed by atoms with E-state index in [9.17, 15) is 14.4 Å². The lowest BCUT2D eigenvalue weighted by molar-refractivity contribution is -0.128. The number of esters is 1. The number of amides is 2. The van der Waals surface area contributed by atoms with E-state index in [1.54, 1.807) is 30.3 Å². The first kappa shape index (κ1) is 19.6. The summed E-state index contributed by atoms with van der Waals surface area (Å²) in [6, 6.07) is 14.3. The van der Waals surface area contributed by atoms with Crippen molar-refractivity contribution in [1.82, 2.24) is 4.90 Å². The number of nitrogens with one attached hydrogen (secondary N) is 1. The van der Waals surface area contributed by atoms with Gasteiger partial charge in [0, 0.05) is 25.2 Å². The zero-order chi connectivity index (χ0) is 20.1. The summed E-state index contributed by atoms with van der Waals surface area (Å²) in [6.45, 7) is 4.79. The molecule has 0 aliphatic carbocycles. The second kappa shape index (κ2) is 8.69. The number of rotatable bonds is 6. The summed E-state index contributed by atoms with van der Waals surface area (Å²) in [5, 5.41) is 2.74. The molecule has 1 atom stereocenters. The van der Waals surface area contributed by atoms with E-state index in [-0.39, 0.29) is 11.8 Å². The predicted octanol–water partition coefficient (Wildman–Crippen LogP) is 3.30. The Morgan fingerprint density at radius 1 is 1.18 bits per heavy atom. The molecule has 6 heteroatoms. The molecule has 0 spiro atoms. The second-order valence-corrected chi connectivity index (χ2v) is 7.02. The van der Waals surface area contributed by atoms with Crippen LogP contribution in [-0.4, -0.2) is 35.3 Å². The van der Waals surface area contributed by atoms with Crippen LogP contribution in [0.4, 0.5) is 5.69 Å². The van der Waals surface area contributed by atoms with Gasteiger partial charge in [-0.15, -0.1) is 0 Å². The van der Waals surface area contributed by atoms with Gasteiger partial charge in [-0.25, -0.2) is 4.79 Å². The van der Waals surface area contributed by atoms with Gasteiger partial charge in [-0.1, -0.05) is 24.3 Å². The first-order valence-corrected chi connectivity index (χ1v) is 9.37. The molecular formula is C22H24N2O4. The minimum absolute atomic E-state index is 0.164. The molecule has 2 aromatic carbocycles. The minimum atomic E-state index is -0.921. The molecule has 1 fully saturated rings. The Morgan fingerprint density at radius 2 is 1.93 bits per heavy atom. The lowest BCUT2D eigenvalue weighted by Crippen LogP contribution is -2.30. The maximum atomic E-state index is 12.3. The van der Waals surface area contributed by atoms with Crippen LogP contribution < -0.4 is 5.32 Å². The third-order valence-electron chi connectivity index (χ3n) is 4.67. The zero-order valence-corrected chi connectivity index (χ0v) is 16.1. The zero-order valence-electron chi connectivity index (χ0n) is 16.1. The second-order valence-electron chi connectivity index (χ2n) is 7.02. The van der Waals surface area contributed by atoms with Crippen LogP contribution >= 0.6 is 0 Å². The number of likely N-dealkylation sites (tertiary alicyclic amines) is 1. The molecule has 2 aromatic rings. The predicted molar refractivity (Wildman–Crippen MR) is 106 cm³/mol. The van der Waals surface area contributed by atoms with Gasteiger partial charge in [-0.05, 0) is 55.7 Å². The molecule has 1 aliphatic heterocycles. The van der Waals surface area contributed by atoms with Crippen molar-refractivity contribution in [3.8, 4) is 0 Å². The van der Waals surface area contributed by atoms with Crippen molar-refractivity contribution in [2.45, 2.75) is 39.3 Å². The van der Waals surface area contributed by atoms with Gasteiger partial charge in [0.15, 0.2) is 6.10 Å². The summed E-state index contributed by atoms with van der Waals surface area (Å²) in [5.41, 5.74) is 3.01. The Morgan fingerprint density at radius 3 is 2.57 bits per heavy atom. The van der Waals surface area contributed by atoms with Crippen LogP contribution in [0, 0.1) is 6.92 Å². The molecule has 146 valence electrons. The summed E-state index contributed by atoms with van der Waals surface area (Å²) in [5.74, 6) is -0.782. The van der Waals surface area contributed by atoms with E-state index in [4.69, 9.17) is 4.74 Å². The van der Waals surface area contributed by atoms with Crippen LogP contribution in [0.15, 0.2) is 48.5 Å². The Balaban J connectivity index is 1.54. The van der Waals surface area contributed by atoms with Crippen molar-refractivity contribution in [3.63, 3.8) is 0 Å². The molecule has 1 N–H and O–H groups in total. The van der Waals surface area contributed by atoms with E-state index in [2.05, 4.69) is 5.32 Å². The van der Waals surface area contributed by atoms with Gasteiger partial charge < -0.3 is 15.0 Å². The highest BCUT2D eigenvalue weighted by Crippen LogP contribution is 2.16. The van der Waals surface area contributed by atoms with E-state index in [0.29, 0.717) is 24.2 Å². The third-order valence-corrected chi connectivity index (χ3v) is 4.67. The first-order valence-electron chi connectivity index (χ1n) is 9.37. The maximum Gasteiger partial charge on any atom is 0.338 e. The van der Waals surface area contributed by atoms with Gasteiger partial charge in [0.1, 0.15) is 0 Å². The Kier molecular flexibility index (Phi) is 6.09. The van der Waals surface area contributed by atoms with Crippen LogP contribution in [0.25, 0.3) is 0 Å². The molecule has 0 aromatic heterocycles. The van der Waals surface area contributed by atoms with Crippen LogP contribution in [0.1, 0.15) is 41.3 Å². The van der Waals surface area contributed by atoms with E-state index >= 15 is 0 Å². The van der Waals surface area contributed by atoms with E-state index in [1.165, 1.54) is 6.92 Å². The van der Waals surface area contributed by atoms with Gasteiger partial charge in [0.2, 0.25) is 5.91 Å². The van der Waals surface area contributed by atoms with Gasteiger partial charge in [0.25, 0.3) is 5.91 Å². The molecule has 0 bridgehead atoms. The van der Waals surface area contributed by atoms with Crippen molar-refractivity contribution in [2.75, 3.05) is 11.9 Å². The van der Waals surface area contributed by atoms with Crippen LogP contribution in [0.2, 0.25) is 0 Å². The van der Waals surface area contributed by atoms with Crippen molar-refractivity contribution in [2.24, 2.45) is 0 Å². The molecular weight excluding hydrogens is 356 g/mol. The first-order chi connectivity index (χ1) is 13.4. The van der Waals surface area contributed by atoms with Crippen LogP contribution in [0.3, 0.4) is 0 Å². The lowest BCUT2D eigenvalue weighted by atomic mass is 10.1. The highest BCUT2D eigenvalue weighted by atomic mass is 16.5. The number of anilines is 1. The molecule has 0 unspecified atom stereocenters. The number of hydrogen-bond donors (Lipinski definition) is 1.